The van der Waals surface area contributed by atoms with Crippen molar-refractivity contribution in [1.82, 2.24) is 16.0 Å². The second-order valence-electron chi connectivity index (χ2n) is 7.44. The molecule has 0 saturated carbocycles. The summed E-state index contributed by atoms with van der Waals surface area (Å²) in [6, 6.07) is 15.0. The van der Waals surface area contributed by atoms with Gasteiger partial charge in [-0.2, -0.15) is 0 Å². The van der Waals surface area contributed by atoms with Crippen molar-refractivity contribution >= 4 is 29.4 Å². The van der Waals surface area contributed by atoms with Gasteiger partial charge in [0.2, 0.25) is 11.8 Å². The first kappa shape index (κ1) is 22.8. The van der Waals surface area contributed by atoms with Gasteiger partial charge in [0.15, 0.2) is 5.96 Å². The topological polar surface area (TPSA) is 129 Å². The quantitative estimate of drug-likeness (QED) is 0.361. The van der Waals surface area contributed by atoms with Crippen LogP contribution >= 0.6 is 0 Å². The van der Waals surface area contributed by atoms with Crippen molar-refractivity contribution in [3.05, 3.63) is 65.2 Å². The Kier molecular flexibility index (Phi) is 7.80. The van der Waals surface area contributed by atoms with E-state index in [1.807, 2.05) is 41.3 Å². The van der Waals surface area contributed by atoms with Gasteiger partial charge in [0.25, 0.3) is 5.91 Å². The normalized spacial score (nSPS) is 13.7. The Balaban J connectivity index is 1.46. The van der Waals surface area contributed by atoms with E-state index in [2.05, 4.69) is 20.9 Å². The summed E-state index contributed by atoms with van der Waals surface area (Å²) in [5, 5.41) is 8.95. The van der Waals surface area contributed by atoms with Crippen LogP contribution in [0.1, 0.15) is 34.3 Å². The first-order valence-electron chi connectivity index (χ1n) is 10.5. The van der Waals surface area contributed by atoms with Gasteiger partial charge < -0.3 is 26.6 Å². The lowest BCUT2D eigenvalue weighted by Crippen LogP contribution is -2.36. The van der Waals surface area contributed by atoms with E-state index in [1.165, 1.54) is 0 Å². The molecule has 3 amide bonds. The zero-order valence-electron chi connectivity index (χ0n) is 18.1. The van der Waals surface area contributed by atoms with Gasteiger partial charge in [-0.1, -0.05) is 24.3 Å². The molecule has 1 saturated heterocycles. The first-order valence-corrected chi connectivity index (χ1v) is 10.5. The van der Waals surface area contributed by atoms with Gasteiger partial charge in [0.1, 0.15) is 0 Å². The number of anilines is 1. The van der Waals surface area contributed by atoms with E-state index in [9.17, 15) is 14.4 Å². The van der Waals surface area contributed by atoms with Crippen LogP contribution in [0.3, 0.4) is 0 Å². The fraction of sp³-hybridized carbons (Fsp3) is 0.304. The predicted octanol–water partition coefficient (Wildman–Crippen LogP) is 0.894. The second kappa shape index (κ2) is 10.9. The molecule has 9 heteroatoms. The lowest BCUT2D eigenvalue weighted by Gasteiger charge is -2.16. The molecule has 0 aliphatic carbocycles. The van der Waals surface area contributed by atoms with E-state index < -0.39 is 5.91 Å². The maximum absolute atomic E-state index is 11.9. The summed E-state index contributed by atoms with van der Waals surface area (Å²) < 4.78 is 0. The van der Waals surface area contributed by atoms with Crippen LogP contribution in [-0.2, 0) is 22.7 Å². The number of nitrogens with one attached hydrogen (secondary N) is 3. The van der Waals surface area contributed by atoms with Gasteiger partial charge in [-0.15, -0.1) is 0 Å². The fourth-order valence-electron chi connectivity index (χ4n) is 3.35. The summed E-state index contributed by atoms with van der Waals surface area (Å²) in [5.74, 6) is -0.108. The van der Waals surface area contributed by atoms with E-state index in [1.54, 1.807) is 19.2 Å². The van der Waals surface area contributed by atoms with Gasteiger partial charge >= 0.3 is 0 Å². The summed E-state index contributed by atoms with van der Waals surface area (Å²) in [7, 11) is 1.70. The molecule has 3 rings (SSSR count). The molecule has 0 bridgehead atoms. The van der Waals surface area contributed by atoms with E-state index in [4.69, 9.17) is 5.73 Å². The minimum absolute atomic E-state index is 0.180. The van der Waals surface area contributed by atoms with Crippen LogP contribution in [0, 0.1) is 0 Å². The Bertz CT molecular complexity index is 986. The molecule has 1 aliphatic heterocycles. The van der Waals surface area contributed by atoms with E-state index in [-0.39, 0.29) is 18.4 Å². The second-order valence-corrected chi connectivity index (χ2v) is 7.44. The molecular weight excluding hydrogens is 408 g/mol. The van der Waals surface area contributed by atoms with Gasteiger partial charge in [-0.25, -0.2) is 0 Å². The van der Waals surface area contributed by atoms with Gasteiger partial charge in [-0.3, -0.25) is 19.4 Å². The van der Waals surface area contributed by atoms with Crippen LogP contribution in [-0.4, -0.2) is 43.8 Å². The summed E-state index contributed by atoms with van der Waals surface area (Å²) in [6.07, 6.45) is 1.53. The molecule has 0 spiro atoms. The molecule has 2 aromatic carbocycles. The van der Waals surface area contributed by atoms with Crippen LogP contribution in [0.25, 0.3) is 0 Å². The number of amides is 3. The average Bonchev–Trinajstić information content (AvgIpc) is 3.24. The number of hydrogen-bond donors (Lipinski definition) is 4. The monoisotopic (exact) mass is 436 g/mol. The maximum atomic E-state index is 11.9. The van der Waals surface area contributed by atoms with Crippen LogP contribution in [0.2, 0.25) is 0 Å². The first-order chi connectivity index (χ1) is 15.5. The summed E-state index contributed by atoms with van der Waals surface area (Å²) in [4.78, 5) is 40.6. The smallest absolute Gasteiger partial charge is 0.251 e. The molecule has 9 nitrogen and oxygen atoms in total. The third kappa shape index (κ3) is 6.31. The van der Waals surface area contributed by atoms with Crippen LogP contribution in [0.5, 0.6) is 0 Å². The summed E-state index contributed by atoms with van der Waals surface area (Å²) in [6.45, 7) is 1.71. The Morgan fingerprint density at radius 2 is 1.56 bits per heavy atom. The highest BCUT2D eigenvalue weighted by Gasteiger charge is 2.21. The number of carbonyl (C=O) groups is 3. The maximum Gasteiger partial charge on any atom is 0.251 e. The Morgan fingerprint density at radius 3 is 2.06 bits per heavy atom. The molecule has 168 valence electrons. The molecule has 0 unspecified atom stereocenters. The minimum Gasteiger partial charge on any atom is -0.368 e. The SMILES string of the molecule is CN=C(NCc1ccc(C(=O)NCC(N)=O)cc1)NCc1ccc(N2CCCC2=O)cc1. The van der Waals surface area contributed by atoms with Gasteiger partial charge in [0.05, 0.1) is 6.54 Å². The van der Waals surface area contributed by atoms with E-state index in [0.717, 1.165) is 29.8 Å². The van der Waals surface area contributed by atoms with Crippen molar-refractivity contribution in [3.8, 4) is 0 Å². The Morgan fingerprint density at radius 1 is 0.969 bits per heavy atom. The number of nitrogens with zero attached hydrogens (tertiary/aromatic N) is 2. The van der Waals surface area contributed by atoms with Crippen molar-refractivity contribution in [2.24, 2.45) is 10.7 Å². The molecule has 0 atom stereocenters. The minimum atomic E-state index is -0.587. The fourth-order valence-corrected chi connectivity index (χ4v) is 3.35. The number of primary amides is 1. The van der Waals surface area contributed by atoms with Crippen molar-refractivity contribution in [2.75, 3.05) is 25.0 Å². The number of hydrogen-bond acceptors (Lipinski definition) is 4. The van der Waals surface area contributed by atoms with Crippen molar-refractivity contribution in [1.29, 1.82) is 0 Å². The Hall–Kier alpha value is -3.88. The van der Waals surface area contributed by atoms with Crippen molar-refractivity contribution in [3.63, 3.8) is 0 Å². The molecule has 1 fully saturated rings. The lowest BCUT2D eigenvalue weighted by molar-refractivity contribution is -0.117. The standard InChI is InChI=1S/C23H28N6O3/c1-25-23(27-13-16-4-8-18(9-5-16)22(32)26-15-20(24)30)28-14-17-6-10-19(11-7-17)29-12-2-3-21(29)31/h4-11H,2-3,12-15H2,1H3,(H2,24,30)(H,26,32)(H2,25,27,28). The van der Waals surface area contributed by atoms with E-state index in [0.29, 0.717) is 31.0 Å². The predicted molar refractivity (Wildman–Crippen MR) is 123 cm³/mol. The summed E-state index contributed by atoms with van der Waals surface area (Å²) in [5.41, 5.74) is 8.47. The third-order valence-electron chi connectivity index (χ3n) is 5.10. The van der Waals surface area contributed by atoms with E-state index >= 15 is 0 Å². The zero-order chi connectivity index (χ0) is 22.9. The molecular formula is C23H28N6O3. The molecule has 1 heterocycles. The number of nitrogens with two attached hydrogens (primary N) is 1. The highest BCUT2D eigenvalue weighted by Crippen LogP contribution is 2.21. The molecule has 0 radical (unpaired) electrons. The number of carbonyl (C=O) groups excluding carboxylic acids is 3. The number of rotatable bonds is 8. The Labute approximate surface area is 187 Å². The van der Waals surface area contributed by atoms with Crippen LogP contribution in [0.15, 0.2) is 53.5 Å². The zero-order valence-corrected chi connectivity index (χ0v) is 18.1. The number of guanidine groups is 1. The van der Waals surface area contributed by atoms with Gasteiger partial charge in [0, 0.05) is 44.4 Å². The molecule has 1 aliphatic rings. The van der Waals surface area contributed by atoms with Crippen LogP contribution < -0.4 is 26.6 Å². The highest BCUT2D eigenvalue weighted by molar-refractivity contribution is 5.96. The van der Waals surface area contributed by atoms with Crippen LogP contribution in [0.4, 0.5) is 5.69 Å². The largest absolute Gasteiger partial charge is 0.368 e. The molecule has 5 N–H and O–H groups in total. The lowest BCUT2D eigenvalue weighted by atomic mass is 10.1. The molecule has 2 aromatic rings. The molecule has 0 aromatic heterocycles. The highest BCUT2D eigenvalue weighted by atomic mass is 16.2. The molecule has 32 heavy (non-hydrogen) atoms. The van der Waals surface area contributed by atoms with Crippen molar-refractivity contribution < 1.29 is 14.4 Å². The van der Waals surface area contributed by atoms with Gasteiger partial charge in [-0.05, 0) is 41.8 Å². The third-order valence-corrected chi connectivity index (χ3v) is 5.10. The number of benzene rings is 2. The average molecular weight is 437 g/mol. The number of aliphatic imine (C=N–C) groups is 1. The summed E-state index contributed by atoms with van der Waals surface area (Å²) >= 11 is 0. The van der Waals surface area contributed by atoms with Crippen molar-refractivity contribution in [2.45, 2.75) is 25.9 Å².